The summed E-state index contributed by atoms with van der Waals surface area (Å²) in [6, 6.07) is 16.7. The van der Waals surface area contributed by atoms with E-state index in [1.807, 2.05) is 36.7 Å². The molecular formula is C23H19N3O3. The maximum atomic E-state index is 12.3. The Kier molecular flexibility index (Phi) is 4.98. The molecule has 0 N–H and O–H groups in total. The molecule has 0 aliphatic carbocycles. The van der Waals surface area contributed by atoms with E-state index in [-0.39, 0.29) is 6.61 Å². The first-order valence-electron chi connectivity index (χ1n) is 9.24. The third-order valence-electron chi connectivity index (χ3n) is 4.79. The highest BCUT2D eigenvalue weighted by Gasteiger charge is 2.36. The van der Waals surface area contributed by atoms with Gasteiger partial charge in [-0.3, -0.25) is 14.3 Å². The van der Waals surface area contributed by atoms with E-state index < -0.39 is 11.8 Å². The molecule has 0 atom stereocenters. The molecule has 0 radical (unpaired) electrons. The van der Waals surface area contributed by atoms with Gasteiger partial charge in [-0.15, -0.1) is 5.06 Å². The minimum Gasteiger partial charge on any atom is -0.266 e. The van der Waals surface area contributed by atoms with Crippen molar-refractivity contribution in [2.75, 3.05) is 6.61 Å². The van der Waals surface area contributed by atoms with Crippen molar-refractivity contribution < 1.29 is 14.4 Å². The van der Waals surface area contributed by atoms with Crippen LogP contribution in [0, 0.1) is 25.7 Å². The van der Waals surface area contributed by atoms with Gasteiger partial charge in [0.15, 0.2) is 0 Å². The standard InChI is InChI=1S/C23H19N3O3/c1-16-19(17(2)25(24-16)15-18-9-4-3-5-10-18)13-8-14-29-26-22(27)20-11-6-7-12-21(20)23(26)28/h3-7,9-12H,14-15H2,1-2H3. The molecule has 0 spiro atoms. The average molecular weight is 385 g/mol. The zero-order valence-electron chi connectivity index (χ0n) is 16.2. The fourth-order valence-corrected chi connectivity index (χ4v) is 3.29. The lowest BCUT2D eigenvalue weighted by Crippen LogP contribution is -2.30. The number of carbonyl (C=O) groups is 2. The van der Waals surface area contributed by atoms with Gasteiger partial charge in [-0.1, -0.05) is 54.3 Å². The lowest BCUT2D eigenvalue weighted by molar-refractivity contribution is -0.0782. The second kappa shape index (κ2) is 7.74. The van der Waals surface area contributed by atoms with Gasteiger partial charge in [0.2, 0.25) is 0 Å². The Balaban J connectivity index is 1.44. The van der Waals surface area contributed by atoms with Crippen LogP contribution in [0.4, 0.5) is 0 Å². The fourth-order valence-electron chi connectivity index (χ4n) is 3.29. The Hall–Kier alpha value is -3.69. The number of rotatable bonds is 4. The molecule has 2 heterocycles. The number of aromatic nitrogens is 2. The first-order valence-corrected chi connectivity index (χ1v) is 9.24. The topological polar surface area (TPSA) is 64.4 Å². The summed E-state index contributed by atoms with van der Waals surface area (Å²) in [5.74, 6) is 5.01. The quantitative estimate of drug-likeness (QED) is 0.511. The Morgan fingerprint density at radius 1 is 0.931 bits per heavy atom. The summed E-state index contributed by atoms with van der Waals surface area (Å²) in [7, 11) is 0. The van der Waals surface area contributed by atoms with Crippen LogP contribution in [0.15, 0.2) is 54.6 Å². The van der Waals surface area contributed by atoms with Crippen LogP contribution in [0.3, 0.4) is 0 Å². The minimum absolute atomic E-state index is 0.0752. The predicted octanol–water partition coefficient (Wildman–Crippen LogP) is 3.13. The lowest BCUT2D eigenvalue weighted by atomic mass is 10.1. The van der Waals surface area contributed by atoms with Gasteiger partial charge in [0.25, 0.3) is 11.8 Å². The molecule has 4 rings (SSSR count). The molecule has 0 saturated carbocycles. The summed E-state index contributed by atoms with van der Waals surface area (Å²) in [4.78, 5) is 29.9. The second-order valence-corrected chi connectivity index (χ2v) is 6.71. The summed E-state index contributed by atoms with van der Waals surface area (Å²) in [6.07, 6.45) is 0. The van der Waals surface area contributed by atoms with Crippen molar-refractivity contribution in [3.8, 4) is 11.8 Å². The number of aryl methyl sites for hydroxylation is 1. The normalized spacial score (nSPS) is 12.7. The number of fused-ring (bicyclic) bond motifs is 1. The van der Waals surface area contributed by atoms with Crippen molar-refractivity contribution in [3.63, 3.8) is 0 Å². The summed E-state index contributed by atoms with van der Waals surface area (Å²) in [5, 5.41) is 5.34. The maximum Gasteiger partial charge on any atom is 0.285 e. The Morgan fingerprint density at radius 2 is 1.55 bits per heavy atom. The average Bonchev–Trinajstić information content (AvgIpc) is 3.14. The van der Waals surface area contributed by atoms with Gasteiger partial charge in [-0.05, 0) is 31.5 Å². The monoisotopic (exact) mass is 385 g/mol. The summed E-state index contributed by atoms with van der Waals surface area (Å²) < 4.78 is 1.92. The summed E-state index contributed by atoms with van der Waals surface area (Å²) in [5.41, 5.74) is 4.46. The third-order valence-corrected chi connectivity index (χ3v) is 4.79. The van der Waals surface area contributed by atoms with Crippen LogP contribution < -0.4 is 0 Å². The summed E-state index contributed by atoms with van der Waals surface area (Å²) >= 11 is 0. The molecule has 0 fully saturated rings. The van der Waals surface area contributed by atoms with Crippen LogP contribution in [0.5, 0.6) is 0 Å². The molecule has 0 unspecified atom stereocenters. The molecule has 2 amide bonds. The predicted molar refractivity (Wildman–Crippen MR) is 107 cm³/mol. The molecule has 6 heteroatoms. The highest BCUT2D eigenvalue weighted by molar-refractivity contribution is 6.20. The van der Waals surface area contributed by atoms with E-state index in [1.54, 1.807) is 24.3 Å². The number of hydroxylamine groups is 2. The molecule has 1 aromatic heterocycles. The SMILES string of the molecule is Cc1nn(Cc2ccccc2)c(C)c1C#CCON1C(=O)c2ccccc2C1=O. The Labute approximate surface area is 168 Å². The molecule has 0 bridgehead atoms. The van der Waals surface area contributed by atoms with Gasteiger partial charge in [0, 0.05) is 0 Å². The van der Waals surface area contributed by atoms with Crippen molar-refractivity contribution >= 4 is 11.8 Å². The minimum atomic E-state index is -0.463. The third kappa shape index (κ3) is 3.56. The molecule has 2 aromatic carbocycles. The number of hydrogen-bond donors (Lipinski definition) is 0. The smallest absolute Gasteiger partial charge is 0.266 e. The number of benzene rings is 2. The van der Waals surface area contributed by atoms with Gasteiger partial charge in [0.05, 0.1) is 34.6 Å². The largest absolute Gasteiger partial charge is 0.285 e. The van der Waals surface area contributed by atoms with Crippen molar-refractivity contribution in [3.05, 3.63) is 88.2 Å². The van der Waals surface area contributed by atoms with E-state index in [9.17, 15) is 9.59 Å². The zero-order chi connectivity index (χ0) is 20.4. The number of imide groups is 1. The van der Waals surface area contributed by atoms with Gasteiger partial charge in [0.1, 0.15) is 6.61 Å². The Bertz CT molecular complexity index is 1120. The molecule has 1 aliphatic heterocycles. The molecule has 1 aliphatic rings. The van der Waals surface area contributed by atoms with Crippen molar-refractivity contribution in [1.82, 2.24) is 14.8 Å². The van der Waals surface area contributed by atoms with Crippen LogP contribution in [0.2, 0.25) is 0 Å². The van der Waals surface area contributed by atoms with E-state index in [0.29, 0.717) is 17.7 Å². The highest BCUT2D eigenvalue weighted by atomic mass is 16.7. The number of hydrogen-bond acceptors (Lipinski definition) is 4. The van der Waals surface area contributed by atoms with Crippen LogP contribution in [0.25, 0.3) is 0 Å². The number of amides is 2. The van der Waals surface area contributed by atoms with Crippen molar-refractivity contribution in [2.24, 2.45) is 0 Å². The summed E-state index contributed by atoms with van der Waals surface area (Å²) in [6.45, 7) is 4.47. The molecular weight excluding hydrogens is 366 g/mol. The number of nitrogens with zero attached hydrogens (tertiary/aromatic N) is 3. The molecule has 144 valence electrons. The van der Waals surface area contributed by atoms with E-state index >= 15 is 0 Å². The lowest BCUT2D eigenvalue weighted by Gasteiger charge is -2.10. The van der Waals surface area contributed by atoms with Crippen LogP contribution in [0.1, 0.15) is 43.2 Å². The Morgan fingerprint density at radius 3 is 2.21 bits per heavy atom. The van der Waals surface area contributed by atoms with Crippen LogP contribution in [-0.2, 0) is 11.4 Å². The van der Waals surface area contributed by atoms with E-state index in [1.165, 1.54) is 0 Å². The fraction of sp³-hybridized carbons (Fsp3) is 0.174. The first kappa shape index (κ1) is 18.7. The number of carbonyl (C=O) groups excluding carboxylic acids is 2. The molecule has 0 saturated heterocycles. The van der Waals surface area contributed by atoms with E-state index in [2.05, 4.69) is 29.1 Å². The zero-order valence-corrected chi connectivity index (χ0v) is 16.2. The van der Waals surface area contributed by atoms with E-state index in [4.69, 9.17) is 4.84 Å². The van der Waals surface area contributed by atoms with Gasteiger partial charge >= 0.3 is 0 Å². The van der Waals surface area contributed by atoms with Crippen molar-refractivity contribution in [1.29, 1.82) is 0 Å². The van der Waals surface area contributed by atoms with Crippen LogP contribution >= 0.6 is 0 Å². The van der Waals surface area contributed by atoms with Crippen molar-refractivity contribution in [2.45, 2.75) is 20.4 Å². The maximum absolute atomic E-state index is 12.3. The first-order chi connectivity index (χ1) is 14.1. The molecule has 3 aromatic rings. The highest BCUT2D eigenvalue weighted by Crippen LogP contribution is 2.22. The van der Waals surface area contributed by atoms with Gasteiger partial charge < -0.3 is 0 Å². The van der Waals surface area contributed by atoms with Gasteiger partial charge in [-0.2, -0.15) is 5.10 Å². The molecule has 29 heavy (non-hydrogen) atoms. The van der Waals surface area contributed by atoms with E-state index in [0.717, 1.165) is 27.6 Å². The second-order valence-electron chi connectivity index (χ2n) is 6.71. The van der Waals surface area contributed by atoms with Gasteiger partial charge in [-0.25, -0.2) is 4.84 Å². The molecule has 6 nitrogen and oxygen atoms in total. The van der Waals surface area contributed by atoms with Crippen LogP contribution in [-0.4, -0.2) is 33.3 Å².